The fraction of sp³-hybridized carbons (Fsp3) is 0.538. The molecule has 3 rings (SSSR count). The molecule has 0 aromatic carbocycles. The highest BCUT2D eigenvalue weighted by Crippen LogP contribution is 2.21. The molecule has 1 fully saturated rings. The summed E-state index contributed by atoms with van der Waals surface area (Å²) in [5.41, 5.74) is 1.04. The topological polar surface area (TPSA) is 65.1 Å². The van der Waals surface area contributed by atoms with Gasteiger partial charge < -0.3 is 14.5 Å². The fourth-order valence-electron chi connectivity index (χ4n) is 1.88. The first-order valence-corrected chi connectivity index (χ1v) is 6.51. The van der Waals surface area contributed by atoms with Crippen molar-refractivity contribution in [2.24, 2.45) is 7.05 Å². The Bertz CT molecular complexity index is 557. The van der Waals surface area contributed by atoms with Crippen LogP contribution in [0.5, 0.6) is 6.01 Å². The number of rotatable bonds is 6. The van der Waals surface area contributed by atoms with Crippen LogP contribution in [0.15, 0.2) is 16.8 Å². The molecule has 6 heteroatoms. The van der Waals surface area contributed by atoms with Crippen LogP contribution in [0.4, 0.5) is 0 Å². The van der Waals surface area contributed by atoms with E-state index in [1.54, 1.807) is 11.0 Å². The summed E-state index contributed by atoms with van der Waals surface area (Å²) in [6.07, 6.45) is 4.17. The lowest BCUT2D eigenvalue weighted by Gasteiger charge is -1.99. The van der Waals surface area contributed by atoms with Crippen LogP contribution in [0, 0.1) is 6.92 Å². The molecule has 0 saturated heterocycles. The van der Waals surface area contributed by atoms with Gasteiger partial charge in [0.1, 0.15) is 24.5 Å². The van der Waals surface area contributed by atoms with Gasteiger partial charge in [-0.25, -0.2) is 0 Å². The Labute approximate surface area is 111 Å². The zero-order valence-electron chi connectivity index (χ0n) is 11.2. The molecule has 6 nitrogen and oxygen atoms in total. The number of furan rings is 1. The van der Waals surface area contributed by atoms with Crippen LogP contribution >= 0.6 is 0 Å². The molecule has 0 spiro atoms. The van der Waals surface area contributed by atoms with Crippen molar-refractivity contribution in [3.05, 3.63) is 29.5 Å². The van der Waals surface area contributed by atoms with E-state index < -0.39 is 0 Å². The third kappa shape index (κ3) is 3.14. The third-order valence-corrected chi connectivity index (χ3v) is 3.15. The van der Waals surface area contributed by atoms with E-state index >= 15 is 0 Å². The number of aryl methyl sites for hydroxylation is 2. The second-order valence-electron chi connectivity index (χ2n) is 4.94. The molecule has 1 aliphatic carbocycles. The summed E-state index contributed by atoms with van der Waals surface area (Å²) in [4.78, 5) is 4.02. The molecular formula is C13H18N4O2. The second kappa shape index (κ2) is 5.05. The first kappa shape index (κ1) is 12.2. The average Bonchev–Trinajstić information content (AvgIpc) is 3.02. The molecule has 19 heavy (non-hydrogen) atoms. The van der Waals surface area contributed by atoms with Gasteiger partial charge in [-0.1, -0.05) is 0 Å². The van der Waals surface area contributed by atoms with Gasteiger partial charge in [-0.15, -0.1) is 5.10 Å². The summed E-state index contributed by atoms with van der Waals surface area (Å²) in [7, 11) is 1.81. The number of hydrogen-bond acceptors (Lipinski definition) is 5. The van der Waals surface area contributed by atoms with E-state index in [1.165, 1.54) is 12.8 Å². The fourth-order valence-corrected chi connectivity index (χ4v) is 1.88. The van der Waals surface area contributed by atoms with Crippen LogP contribution in [0.3, 0.4) is 0 Å². The Hall–Kier alpha value is -1.82. The van der Waals surface area contributed by atoms with Crippen molar-refractivity contribution in [3.63, 3.8) is 0 Å². The minimum atomic E-state index is 0.390. The van der Waals surface area contributed by atoms with Crippen LogP contribution in [-0.2, 0) is 20.2 Å². The Morgan fingerprint density at radius 2 is 2.37 bits per heavy atom. The lowest BCUT2D eigenvalue weighted by atomic mass is 10.2. The summed E-state index contributed by atoms with van der Waals surface area (Å²) in [5.74, 6) is 1.85. The monoisotopic (exact) mass is 262 g/mol. The van der Waals surface area contributed by atoms with Crippen LogP contribution in [0.2, 0.25) is 0 Å². The molecule has 0 atom stereocenters. The first-order valence-electron chi connectivity index (χ1n) is 6.51. The van der Waals surface area contributed by atoms with E-state index in [0.29, 0.717) is 18.7 Å². The highest BCUT2D eigenvalue weighted by atomic mass is 16.5. The molecule has 2 heterocycles. The molecule has 0 radical (unpaired) electrons. The normalized spacial score (nSPS) is 14.8. The molecule has 102 valence electrons. The van der Waals surface area contributed by atoms with Crippen molar-refractivity contribution in [2.75, 3.05) is 0 Å². The maximum Gasteiger partial charge on any atom is 0.335 e. The van der Waals surface area contributed by atoms with Gasteiger partial charge >= 0.3 is 6.01 Å². The number of nitrogens with zero attached hydrogens (tertiary/aromatic N) is 3. The molecule has 2 aromatic rings. The molecule has 1 aliphatic rings. The predicted octanol–water partition coefficient (Wildman–Crippen LogP) is 1.55. The van der Waals surface area contributed by atoms with Gasteiger partial charge in [-0.3, -0.25) is 4.68 Å². The highest BCUT2D eigenvalue weighted by Gasteiger charge is 2.21. The SMILES string of the molecule is Cc1oc(CNC2CC2)cc1COc1ncn(C)n1. The Morgan fingerprint density at radius 1 is 1.53 bits per heavy atom. The lowest BCUT2D eigenvalue weighted by molar-refractivity contribution is 0.277. The highest BCUT2D eigenvalue weighted by molar-refractivity contribution is 5.20. The average molecular weight is 262 g/mol. The number of nitrogens with one attached hydrogen (secondary N) is 1. The Kier molecular flexibility index (Phi) is 3.25. The van der Waals surface area contributed by atoms with Crippen LogP contribution in [0.25, 0.3) is 0 Å². The van der Waals surface area contributed by atoms with Gasteiger partial charge in [-0.05, 0) is 25.8 Å². The smallest absolute Gasteiger partial charge is 0.335 e. The van der Waals surface area contributed by atoms with Crippen molar-refractivity contribution in [1.29, 1.82) is 0 Å². The van der Waals surface area contributed by atoms with Crippen molar-refractivity contribution < 1.29 is 9.15 Å². The van der Waals surface area contributed by atoms with Gasteiger partial charge in [0.2, 0.25) is 0 Å². The zero-order chi connectivity index (χ0) is 13.2. The maximum absolute atomic E-state index is 5.70. The lowest BCUT2D eigenvalue weighted by Crippen LogP contribution is -2.14. The predicted molar refractivity (Wildman–Crippen MR) is 68.6 cm³/mol. The van der Waals surface area contributed by atoms with Gasteiger partial charge in [0.25, 0.3) is 0 Å². The zero-order valence-corrected chi connectivity index (χ0v) is 11.2. The van der Waals surface area contributed by atoms with Gasteiger partial charge in [0, 0.05) is 18.7 Å². The largest absolute Gasteiger partial charge is 0.465 e. The summed E-state index contributed by atoms with van der Waals surface area (Å²) in [5, 5.41) is 7.50. The van der Waals surface area contributed by atoms with Gasteiger partial charge in [-0.2, -0.15) is 4.98 Å². The van der Waals surface area contributed by atoms with Crippen molar-refractivity contribution >= 4 is 0 Å². The van der Waals surface area contributed by atoms with E-state index in [2.05, 4.69) is 15.4 Å². The minimum Gasteiger partial charge on any atom is -0.465 e. The van der Waals surface area contributed by atoms with E-state index in [9.17, 15) is 0 Å². The number of ether oxygens (including phenoxy) is 1. The summed E-state index contributed by atoms with van der Waals surface area (Å²) in [6, 6.07) is 3.11. The molecule has 1 N–H and O–H groups in total. The number of hydrogen-bond donors (Lipinski definition) is 1. The van der Waals surface area contributed by atoms with Crippen molar-refractivity contribution in [3.8, 4) is 6.01 Å². The third-order valence-electron chi connectivity index (χ3n) is 3.15. The molecule has 0 aliphatic heterocycles. The van der Waals surface area contributed by atoms with Crippen LogP contribution < -0.4 is 10.1 Å². The molecule has 2 aromatic heterocycles. The van der Waals surface area contributed by atoms with E-state index in [-0.39, 0.29) is 0 Å². The molecule has 0 unspecified atom stereocenters. The summed E-state index contributed by atoms with van der Waals surface area (Å²) >= 11 is 0. The van der Waals surface area contributed by atoms with Gasteiger partial charge in [0.05, 0.1) is 6.54 Å². The standard InChI is InChI=1S/C13H18N4O2/c1-9-10(7-18-13-15-8-17(2)16-13)5-12(19-9)6-14-11-3-4-11/h5,8,11,14H,3-4,6-7H2,1-2H3. The molecular weight excluding hydrogens is 244 g/mol. The maximum atomic E-state index is 5.70. The van der Waals surface area contributed by atoms with Gasteiger partial charge in [0.15, 0.2) is 0 Å². The quantitative estimate of drug-likeness (QED) is 0.855. The summed E-state index contributed by atoms with van der Waals surface area (Å²) in [6.45, 7) is 3.17. The van der Waals surface area contributed by atoms with E-state index in [0.717, 1.165) is 23.6 Å². The Morgan fingerprint density at radius 3 is 3.05 bits per heavy atom. The molecule has 0 bridgehead atoms. The number of aromatic nitrogens is 3. The molecule has 0 amide bonds. The van der Waals surface area contributed by atoms with E-state index in [4.69, 9.17) is 9.15 Å². The Balaban J connectivity index is 1.57. The minimum absolute atomic E-state index is 0.390. The first-order chi connectivity index (χ1) is 9.20. The van der Waals surface area contributed by atoms with E-state index in [1.807, 2.05) is 20.0 Å². The second-order valence-corrected chi connectivity index (χ2v) is 4.94. The molecule has 1 saturated carbocycles. The van der Waals surface area contributed by atoms with Crippen molar-refractivity contribution in [2.45, 2.75) is 39.0 Å². The van der Waals surface area contributed by atoms with Crippen LogP contribution in [-0.4, -0.2) is 20.8 Å². The van der Waals surface area contributed by atoms with Crippen LogP contribution in [0.1, 0.15) is 29.9 Å². The summed E-state index contributed by atoms with van der Waals surface area (Å²) < 4.78 is 12.8. The van der Waals surface area contributed by atoms with Crippen molar-refractivity contribution in [1.82, 2.24) is 20.1 Å².